The molecule has 0 bridgehead atoms. The Labute approximate surface area is 164 Å². The molecule has 156 valence electrons. The zero-order valence-corrected chi connectivity index (χ0v) is 17.2. The van der Waals surface area contributed by atoms with Crippen molar-refractivity contribution in [1.82, 2.24) is 15.5 Å². The summed E-state index contributed by atoms with van der Waals surface area (Å²) >= 11 is 0. The predicted octanol–water partition coefficient (Wildman–Crippen LogP) is 5.12. The van der Waals surface area contributed by atoms with Crippen molar-refractivity contribution in [3.05, 3.63) is 0 Å². The second-order valence-electron chi connectivity index (χ2n) is 7.62. The van der Waals surface area contributed by atoms with Crippen LogP contribution in [0.4, 0.5) is 9.59 Å². The first-order valence-corrected chi connectivity index (χ1v) is 11.0. The summed E-state index contributed by atoms with van der Waals surface area (Å²) in [6.07, 6.45) is 19.6. The summed E-state index contributed by atoms with van der Waals surface area (Å²) in [5.74, 6) is -0.429. The van der Waals surface area contributed by atoms with Crippen LogP contribution in [0.2, 0.25) is 0 Å². The van der Waals surface area contributed by atoms with Crippen LogP contribution in [0.5, 0.6) is 0 Å². The Morgan fingerprint density at radius 2 is 1.26 bits per heavy atom. The largest absolute Gasteiger partial charge is 0.338 e. The second kappa shape index (κ2) is 15.5. The van der Waals surface area contributed by atoms with Gasteiger partial charge in [0.25, 0.3) is 0 Å². The van der Waals surface area contributed by atoms with Crippen molar-refractivity contribution in [2.75, 3.05) is 13.1 Å². The monoisotopic (exact) mass is 381 g/mol. The van der Waals surface area contributed by atoms with Crippen molar-refractivity contribution in [1.29, 1.82) is 0 Å². The van der Waals surface area contributed by atoms with Crippen molar-refractivity contribution in [3.63, 3.8) is 0 Å². The fraction of sp³-hybridized carbons (Fsp3) is 0.857. The molecule has 6 nitrogen and oxygen atoms in total. The smallest absolute Gasteiger partial charge is 0.332 e. The van der Waals surface area contributed by atoms with Crippen LogP contribution in [0.15, 0.2) is 0 Å². The van der Waals surface area contributed by atoms with Crippen molar-refractivity contribution in [2.24, 2.45) is 0 Å². The van der Waals surface area contributed by atoms with E-state index in [0.717, 1.165) is 17.7 Å². The van der Waals surface area contributed by atoms with Crippen LogP contribution in [0.1, 0.15) is 103 Å². The summed E-state index contributed by atoms with van der Waals surface area (Å²) in [5.41, 5.74) is 0. The van der Waals surface area contributed by atoms with Crippen molar-refractivity contribution in [2.45, 2.75) is 103 Å². The number of hydrogen-bond acceptors (Lipinski definition) is 3. The highest BCUT2D eigenvalue weighted by Crippen LogP contribution is 2.13. The normalized spacial score (nSPS) is 13.9. The van der Waals surface area contributed by atoms with Gasteiger partial charge >= 0.3 is 12.1 Å². The fourth-order valence-corrected chi connectivity index (χ4v) is 3.39. The molecule has 5 amide bonds. The molecule has 1 fully saturated rings. The highest BCUT2D eigenvalue weighted by Gasteiger charge is 2.31. The minimum absolute atomic E-state index is 0.177. The van der Waals surface area contributed by atoms with E-state index in [4.69, 9.17) is 0 Å². The lowest BCUT2D eigenvalue weighted by Crippen LogP contribution is -2.42. The number of unbranched alkanes of at least 4 members (excludes halogenated alkanes) is 14. The van der Waals surface area contributed by atoms with E-state index in [1.54, 1.807) is 0 Å². The maximum Gasteiger partial charge on any atom is 0.332 e. The van der Waals surface area contributed by atoms with Gasteiger partial charge in [-0.1, -0.05) is 96.8 Å². The van der Waals surface area contributed by atoms with Crippen LogP contribution in [0.25, 0.3) is 0 Å². The molecule has 6 heteroatoms. The van der Waals surface area contributed by atoms with Crippen molar-refractivity contribution in [3.8, 4) is 0 Å². The Kier molecular flexibility index (Phi) is 13.4. The molecule has 0 aromatic heterocycles. The molecule has 1 aliphatic rings. The van der Waals surface area contributed by atoms with Crippen molar-refractivity contribution >= 4 is 18.0 Å². The quantitative estimate of drug-likeness (QED) is 0.288. The van der Waals surface area contributed by atoms with Crippen LogP contribution < -0.4 is 10.6 Å². The molecule has 0 aromatic carbocycles. The molecule has 0 radical (unpaired) electrons. The summed E-state index contributed by atoms with van der Waals surface area (Å²) in [6, 6.07) is -1.11. The average molecular weight is 382 g/mol. The Bertz CT molecular complexity index is 440. The summed E-state index contributed by atoms with van der Waals surface area (Å²) in [6.45, 7) is 2.64. The molecule has 1 rings (SSSR count). The number of carbonyl (C=O) groups excluding carboxylic acids is 3. The van der Waals surface area contributed by atoms with Gasteiger partial charge in [0.15, 0.2) is 0 Å². The standard InChI is InChI=1S/C21H39N3O3/c1-2-3-4-5-6-7-8-9-10-11-12-13-14-15-16-17-22-20(26)24-18-19(25)23-21(24)27/h2-18H2,1H3,(H,22,26)(H,23,25,27). The molecule has 1 saturated heterocycles. The number of nitrogens with one attached hydrogen (secondary N) is 2. The summed E-state index contributed by atoms with van der Waals surface area (Å²) in [7, 11) is 0. The fourth-order valence-electron chi connectivity index (χ4n) is 3.39. The highest BCUT2D eigenvalue weighted by molar-refractivity contribution is 6.09. The third kappa shape index (κ3) is 11.7. The number of hydrogen-bond donors (Lipinski definition) is 2. The molecular weight excluding hydrogens is 342 g/mol. The molecule has 1 heterocycles. The molecule has 0 unspecified atom stereocenters. The van der Waals surface area contributed by atoms with Gasteiger partial charge in [-0.15, -0.1) is 0 Å². The molecule has 0 atom stereocenters. The number of amides is 5. The molecule has 1 aliphatic heterocycles. The SMILES string of the molecule is CCCCCCCCCCCCCCCCCNC(=O)N1CC(=O)NC1=O. The Morgan fingerprint density at radius 1 is 0.815 bits per heavy atom. The van der Waals surface area contributed by atoms with E-state index in [0.29, 0.717) is 6.54 Å². The van der Waals surface area contributed by atoms with E-state index in [1.807, 2.05) is 0 Å². The lowest BCUT2D eigenvalue weighted by molar-refractivity contribution is -0.118. The number of imide groups is 2. The molecule has 2 N–H and O–H groups in total. The van der Waals surface area contributed by atoms with E-state index in [2.05, 4.69) is 17.6 Å². The lowest BCUT2D eigenvalue weighted by atomic mass is 10.0. The minimum Gasteiger partial charge on any atom is -0.338 e. The van der Waals surface area contributed by atoms with Gasteiger partial charge in [-0.05, 0) is 6.42 Å². The van der Waals surface area contributed by atoms with Gasteiger partial charge < -0.3 is 5.32 Å². The number of urea groups is 2. The number of nitrogens with zero attached hydrogens (tertiary/aromatic N) is 1. The lowest BCUT2D eigenvalue weighted by Gasteiger charge is -2.12. The predicted molar refractivity (Wildman–Crippen MR) is 109 cm³/mol. The van der Waals surface area contributed by atoms with Crippen molar-refractivity contribution < 1.29 is 14.4 Å². The first-order valence-electron chi connectivity index (χ1n) is 11.0. The summed E-state index contributed by atoms with van der Waals surface area (Å²) in [5, 5.41) is 4.79. The average Bonchev–Trinajstić information content (AvgIpc) is 2.99. The Morgan fingerprint density at radius 3 is 1.67 bits per heavy atom. The van der Waals surface area contributed by atoms with Gasteiger partial charge in [0, 0.05) is 6.54 Å². The first-order chi connectivity index (χ1) is 13.1. The van der Waals surface area contributed by atoms with E-state index in [9.17, 15) is 14.4 Å². The third-order valence-electron chi connectivity index (χ3n) is 5.09. The van der Waals surface area contributed by atoms with Crippen LogP contribution in [0, 0.1) is 0 Å². The molecular formula is C21H39N3O3. The Hall–Kier alpha value is -1.59. The summed E-state index contributed by atoms with van der Waals surface area (Å²) in [4.78, 5) is 35.0. The van der Waals surface area contributed by atoms with Gasteiger partial charge in [0.05, 0.1) is 0 Å². The van der Waals surface area contributed by atoms with Crippen LogP contribution in [-0.2, 0) is 4.79 Å². The molecule has 0 aliphatic carbocycles. The highest BCUT2D eigenvalue weighted by atomic mass is 16.2. The van der Waals surface area contributed by atoms with Gasteiger partial charge in [0.1, 0.15) is 6.54 Å². The van der Waals surface area contributed by atoms with Gasteiger partial charge in [-0.3, -0.25) is 10.1 Å². The van der Waals surface area contributed by atoms with E-state index >= 15 is 0 Å². The molecule has 0 saturated carbocycles. The van der Waals surface area contributed by atoms with Gasteiger partial charge in [0.2, 0.25) is 5.91 Å². The third-order valence-corrected chi connectivity index (χ3v) is 5.09. The molecule has 27 heavy (non-hydrogen) atoms. The topological polar surface area (TPSA) is 78.5 Å². The maximum atomic E-state index is 11.8. The van der Waals surface area contributed by atoms with E-state index < -0.39 is 18.0 Å². The number of carbonyl (C=O) groups is 3. The van der Waals surface area contributed by atoms with Gasteiger partial charge in [-0.2, -0.15) is 0 Å². The molecule has 0 aromatic rings. The zero-order valence-electron chi connectivity index (χ0n) is 17.2. The molecule has 0 spiro atoms. The zero-order chi connectivity index (χ0) is 19.7. The van der Waals surface area contributed by atoms with E-state index in [1.165, 1.54) is 83.5 Å². The van der Waals surface area contributed by atoms with Gasteiger partial charge in [-0.25, -0.2) is 14.5 Å². The number of rotatable bonds is 16. The minimum atomic E-state index is -0.631. The maximum absolute atomic E-state index is 11.8. The summed E-state index contributed by atoms with van der Waals surface area (Å²) < 4.78 is 0. The van der Waals surface area contributed by atoms with Crippen LogP contribution >= 0.6 is 0 Å². The first kappa shape index (κ1) is 23.4. The van der Waals surface area contributed by atoms with E-state index in [-0.39, 0.29) is 6.54 Å². The Balaban J connectivity index is 1.78. The van der Waals surface area contributed by atoms with Crippen LogP contribution in [0.3, 0.4) is 0 Å². The van der Waals surface area contributed by atoms with Crippen LogP contribution in [-0.4, -0.2) is 36.0 Å². The second-order valence-corrected chi connectivity index (χ2v) is 7.62.